The van der Waals surface area contributed by atoms with E-state index in [1.807, 2.05) is 7.05 Å². The fraction of sp³-hybridized carbons (Fsp3) is 0.875. The van der Waals surface area contributed by atoms with E-state index in [0.29, 0.717) is 24.7 Å². The molecule has 2 saturated heterocycles. The minimum absolute atomic E-state index is 0.112. The van der Waals surface area contributed by atoms with Crippen molar-refractivity contribution in [2.24, 2.45) is 0 Å². The highest BCUT2D eigenvalue weighted by atomic mass is 16.3. The lowest BCUT2D eigenvalue weighted by Crippen LogP contribution is -2.42. The van der Waals surface area contributed by atoms with Crippen molar-refractivity contribution in [1.82, 2.24) is 4.90 Å². The number of ketones is 1. The highest BCUT2D eigenvalue weighted by molar-refractivity contribution is 5.81. The van der Waals surface area contributed by atoms with Crippen molar-refractivity contribution in [3.05, 3.63) is 0 Å². The van der Waals surface area contributed by atoms with Crippen LogP contribution in [0.25, 0.3) is 0 Å². The van der Waals surface area contributed by atoms with Crippen molar-refractivity contribution in [3.63, 3.8) is 0 Å². The van der Waals surface area contributed by atoms with Gasteiger partial charge in [0, 0.05) is 24.9 Å². The van der Waals surface area contributed by atoms with Crippen LogP contribution < -0.4 is 0 Å². The second kappa shape index (κ2) is 2.29. The molecule has 0 unspecified atom stereocenters. The molecule has 2 heterocycles. The van der Waals surface area contributed by atoms with Gasteiger partial charge in [0.15, 0.2) is 0 Å². The van der Waals surface area contributed by atoms with E-state index in [0.717, 1.165) is 6.42 Å². The summed E-state index contributed by atoms with van der Waals surface area (Å²) in [5.74, 6) is 0.314. The predicted octanol–water partition coefficient (Wildman–Crippen LogP) is -0.217. The monoisotopic (exact) mass is 155 g/mol. The number of hydrogen-bond donors (Lipinski definition) is 1. The molecule has 0 aromatic heterocycles. The zero-order chi connectivity index (χ0) is 8.01. The van der Waals surface area contributed by atoms with Crippen LogP contribution in [-0.2, 0) is 4.79 Å². The molecule has 0 aromatic carbocycles. The van der Waals surface area contributed by atoms with Crippen LogP contribution in [-0.4, -0.2) is 41.0 Å². The predicted molar refractivity (Wildman–Crippen MR) is 40.2 cm³/mol. The number of aliphatic hydroxyl groups is 1. The Morgan fingerprint density at radius 2 is 2.27 bits per heavy atom. The second-order valence-electron chi connectivity index (χ2n) is 3.64. The third-order valence-corrected chi connectivity index (χ3v) is 2.96. The van der Waals surface area contributed by atoms with Gasteiger partial charge < -0.3 is 5.11 Å². The molecule has 2 fully saturated rings. The number of likely N-dealkylation sites (N-methyl/N-ethyl adjacent to an activating group) is 1. The van der Waals surface area contributed by atoms with Crippen LogP contribution in [0.15, 0.2) is 0 Å². The number of nitrogens with zero attached hydrogens (tertiary/aromatic N) is 1. The first-order valence-corrected chi connectivity index (χ1v) is 4.10. The molecule has 3 nitrogen and oxygen atoms in total. The van der Waals surface area contributed by atoms with Gasteiger partial charge in [-0.1, -0.05) is 0 Å². The first kappa shape index (κ1) is 7.25. The van der Waals surface area contributed by atoms with Crippen LogP contribution in [0.5, 0.6) is 0 Å². The van der Waals surface area contributed by atoms with E-state index < -0.39 is 0 Å². The van der Waals surface area contributed by atoms with Gasteiger partial charge in [0.1, 0.15) is 5.78 Å². The van der Waals surface area contributed by atoms with Gasteiger partial charge in [-0.2, -0.15) is 0 Å². The van der Waals surface area contributed by atoms with Gasteiger partial charge in [-0.25, -0.2) is 0 Å². The van der Waals surface area contributed by atoms with E-state index in [9.17, 15) is 9.90 Å². The van der Waals surface area contributed by atoms with Crippen molar-refractivity contribution in [2.75, 3.05) is 7.05 Å². The van der Waals surface area contributed by atoms with Crippen LogP contribution in [0.4, 0.5) is 0 Å². The number of carbonyl (C=O) groups excluding carboxylic acids is 1. The van der Waals surface area contributed by atoms with E-state index in [-0.39, 0.29) is 12.1 Å². The smallest absolute Gasteiger partial charge is 0.136 e. The second-order valence-corrected chi connectivity index (χ2v) is 3.64. The Morgan fingerprint density at radius 3 is 2.91 bits per heavy atom. The average Bonchev–Trinajstić information content (AvgIpc) is 2.17. The lowest BCUT2D eigenvalue weighted by Gasteiger charge is -2.30. The Bertz CT molecular complexity index is 193. The lowest BCUT2D eigenvalue weighted by molar-refractivity contribution is -0.123. The molecule has 2 bridgehead atoms. The Balaban J connectivity index is 2.20. The quantitative estimate of drug-likeness (QED) is 0.526. The molecule has 11 heavy (non-hydrogen) atoms. The van der Waals surface area contributed by atoms with Gasteiger partial charge in [0.05, 0.1) is 6.10 Å². The van der Waals surface area contributed by atoms with E-state index >= 15 is 0 Å². The van der Waals surface area contributed by atoms with Crippen molar-refractivity contribution in [3.8, 4) is 0 Å². The number of aliphatic hydroxyl groups excluding tert-OH is 1. The van der Waals surface area contributed by atoms with Crippen LogP contribution in [0.1, 0.15) is 19.3 Å². The first-order chi connectivity index (χ1) is 5.18. The number of carbonyl (C=O) groups is 1. The van der Waals surface area contributed by atoms with Crippen LogP contribution in [0.3, 0.4) is 0 Å². The summed E-state index contributed by atoms with van der Waals surface area (Å²) in [4.78, 5) is 13.2. The van der Waals surface area contributed by atoms with E-state index in [4.69, 9.17) is 0 Å². The number of hydrogen-bond acceptors (Lipinski definition) is 3. The Morgan fingerprint density at radius 1 is 1.55 bits per heavy atom. The van der Waals surface area contributed by atoms with Gasteiger partial charge >= 0.3 is 0 Å². The molecular weight excluding hydrogens is 142 g/mol. The minimum Gasteiger partial charge on any atom is -0.391 e. The summed E-state index contributed by atoms with van der Waals surface area (Å²) in [5.41, 5.74) is 0. The van der Waals surface area contributed by atoms with Gasteiger partial charge in [0.2, 0.25) is 0 Å². The highest BCUT2D eigenvalue weighted by Crippen LogP contribution is 2.32. The third kappa shape index (κ3) is 0.993. The summed E-state index contributed by atoms with van der Waals surface area (Å²) < 4.78 is 0. The summed E-state index contributed by atoms with van der Waals surface area (Å²) in [6.07, 6.45) is 1.71. The molecule has 0 aliphatic carbocycles. The zero-order valence-electron chi connectivity index (χ0n) is 6.66. The van der Waals surface area contributed by atoms with E-state index in [2.05, 4.69) is 4.90 Å². The first-order valence-electron chi connectivity index (χ1n) is 4.10. The number of fused-ring (bicyclic) bond motifs is 2. The fourth-order valence-corrected chi connectivity index (χ4v) is 2.23. The SMILES string of the molecule is CN1[C@H]2CC(=O)C[C@H]1[C@@H](O)C2. The van der Waals surface area contributed by atoms with E-state index in [1.54, 1.807) is 0 Å². The van der Waals surface area contributed by atoms with Crippen molar-refractivity contribution in [1.29, 1.82) is 0 Å². The van der Waals surface area contributed by atoms with Crippen molar-refractivity contribution < 1.29 is 9.90 Å². The summed E-state index contributed by atoms with van der Waals surface area (Å²) >= 11 is 0. The number of rotatable bonds is 0. The van der Waals surface area contributed by atoms with Crippen LogP contribution in [0.2, 0.25) is 0 Å². The molecule has 62 valence electrons. The molecule has 3 heteroatoms. The summed E-state index contributed by atoms with van der Waals surface area (Å²) in [5, 5.41) is 9.49. The number of Topliss-reactive ketones (excluding diaryl/α,β-unsaturated/α-hetero) is 1. The summed E-state index contributed by atoms with van der Waals surface area (Å²) in [6, 6.07) is 0.428. The van der Waals surface area contributed by atoms with E-state index in [1.165, 1.54) is 0 Å². The standard InChI is InChI=1S/C8H13NO2/c1-9-5-2-6(10)4-7(9)8(11)3-5/h5,7-8,11H,2-4H2,1H3/t5-,7-,8-/m0/s1. The molecule has 2 aliphatic heterocycles. The minimum atomic E-state index is -0.267. The maximum absolute atomic E-state index is 11.1. The maximum atomic E-state index is 11.1. The van der Waals surface area contributed by atoms with Crippen molar-refractivity contribution >= 4 is 5.78 Å². The van der Waals surface area contributed by atoms with Gasteiger partial charge in [-0.3, -0.25) is 9.69 Å². The Labute approximate surface area is 66.0 Å². The molecule has 0 aromatic rings. The van der Waals surface area contributed by atoms with Gasteiger partial charge in [-0.05, 0) is 13.5 Å². The lowest BCUT2D eigenvalue weighted by atomic mass is 10.0. The molecule has 3 atom stereocenters. The Hall–Kier alpha value is -0.410. The van der Waals surface area contributed by atoms with Gasteiger partial charge in [-0.15, -0.1) is 0 Å². The highest BCUT2D eigenvalue weighted by Gasteiger charge is 2.43. The van der Waals surface area contributed by atoms with Crippen LogP contribution in [0, 0.1) is 0 Å². The molecule has 0 saturated carbocycles. The molecule has 0 spiro atoms. The fourth-order valence-electron chi connectivity index (χ4n) is 2.23. The number of piperidine rings is 1. The van der Waals surface area contributed by atoms with Gasteiger partial charge in [0.25, 0.3) is 0 Å². The topological polar surface area (TPSA) is 40.5 Å². The largest absolute Gasteiger partial charge is 0.391 e. The molecular formula is C8H13NO2. The molecule has 0 radical (unpaired) electrons. The summed E-state index contributed by atoms with van der Waals surface area (Å²) in [7, 11) is 2.00. The molecule has 2 aliphatic rings. The third-order valence-electron chi connectivity index (χ3n) is 2.96. The Kier molecular flexibility index (Phi) is 1.51. The van der Waals surface area contributed by atoms with Crippen molar-refractivity contribution in [2.45, 2.75) is 37.5 Å². The molecule has 1 N–H and O–H groups in total. The maximum Gasteiger partial charge on any atom is 0.136 e. The molecule has 0 amide bonds. The molecule has 2 rings (SSSR count). The zero-order valence-corrected chi connectivity index (χ0v) is 6.66. The summed E-state index contributed by atoms with van der Waals surface area (Å²) in [6.45, 7) is 0. The average molecular weight is 155 g/mol. The van der Waals surface area contributed by atoms with Crippen LogP contribution >= 0.6 is 0 Å². The normalized spacial score (nSPS) is 44.9.